The minimum absolute atomic E-state index is 0.0607. The Morgan fingerprint density at radius 2 is 1.86 bits per heavy atom. The topological polar surface area (TPSA) is 74.2 Å². The van der Waals surface area contributed by atoms with Gasteiger partial charge in [0.2, 0.25) is 0 Å². The van der Waals surface area contributed by atoms with Gasteiger partial charge in [-0.2, -0.15) is 0 Å². The Morgan fingerprint density at radius 3 is 2.55 bits per heavy atom. The number of rotatable bonds is 4. The number of para-hydroxylation sites is 1. The summed E-state index contributed by atoms with van der Waals surface area (Å²) in [4.78, 5) is 21.3. The Labute approximate surface area is 170 Å². The summed E-state index contributed by atoms with van der Waals surface area (Å²) >= 11 is 0. The first-order chi connectivity index (χ1) is 14.2. The first-order valence-corrected chi connectivity index (χ1v) is 10.0. The molecule has 0 unspecified atom stereocenters. The second-order valence-electron chi connectivity index (χ2n) is 7.07. The quantitative estimate of drug-likeness (QED) is 0.543. The average Bonchev–Trinajstić information content (AvgIpc) is 3.40. The van der Waals surface area contributed by atoms with Crippen LogP contribution in [0.1, 0.15) is 28.8 Å². The molecular formula is C22H26N4O3. The molecule has 0 bridgehead atoms. The molecule has 0 spiro atoms. The van der Waals surface area contributed by atoms with Crippen LogP contribution < -0.4 is 5.32 Å². The monoisotopic (exact) mass is 394 g/mol. The highest BCUT2D eigenvalue weighted by molar-refractivity contribution is 5.91. The largest absolute Gasteiger partial charge is 0.459 e. The van der Waals surface area contributed by atoms with Gasteiger partial charge in [-0.25, -0.2) is 4.99 Å². The van der Waals surface area contributed by atoms with Crippen molar-refractivity contribution in [2.45, 2.75) is 20.4 Å². The molecule has 1 aliphatic heterocycles. The fourth-order valence-electron chi connectivity index (χ4n) is 3.63. The van der Waals surface area contributed by atoms with Crippen molar-refractivity contribution in [2.75, 3.05) is 32.7 Å². The third-order valence-electron chi connectivity index (χ3n) is 5.25. The van der Waals surface area contributed by atoms with Gasteiger partial charge in [0.15, 0.2) is 11.7 Å². The summed E-state index contributed by atoms with van der Waals surface area (Å²) < 4.78 is 11.2. The molecule has 0 radical (unpaired) electrons. The van der Waals surface area contributed by atoms with E-state index in [-0.39, 0.29) is 5.91 Å². The van der Waals surface area contributed by atoms with E-state index in [1.165, 1.54) is 6.26 Å². The highest BCUT2D eigenvalue weighted by atomic mass is 16.3. The average molecular weight is 394 g/mol. The molecule has 152 valence electrons. The van der Waals surface area contributed by atoms with Crippen molar-refractivity contribution < 1.29 is 13.6 Å². The summed E-state index contributed by atoms with van der Waals surface area (Å²) in [6.45, 7) is 8.09. The van der Waals surface area contributed by atoms with Crippen molar-refractivity contribution >= 4 is 22.8 Å². The summed E-state index contributed by atoms with van der Waals surface area (Å²) in [6, 6.07) is 11.5. The number of carbonyl (C=O) groups excluding carboxylic acids is 1. The predicted octanol–water partition coefficient (Wildman–Crippen LogP) is 3.26. The summed E-state index contributed by atoms with van der Waals surface area (Å²) in [5, 5.41) is 4.49. The zero-order chi connectivity index (χ0) is 20.2. The molecule has 29 heavy (non-hydrogen) atoms. The highest BCUT2D eigenvalue weighted by Crippen LogP contribution is 2.25. The molecule has 1 N–H and O–H groups in total. The van der Waals surface area contributed by atoms with Crippen LogP contribution in [0, 0.1) is 6.92 Å². The summed E-state index contributed by atoms with van der Waals surface area (Å²) in [5.74, 6) is 2.06. The van der Waals surface area contributed by atoms with Crippen LogP contribution in [-0.2, 0) is 6.54 Å². The molecular weight excluding hydrogens is 368 g/mol. The van der Waals surface area contributed by atoms with Crippen LogP contribution in [0.25, 0.3) is 11.0 Å². The third-order valence-corrected chi connectivity index (χ3v) is 5.25. The number of aryl methyl sites for hydroxylation is 1. The van der Waals surface area contributed by atoms with Gasteiger partial charge in [0.05, 0.1) is 6.26 Å². The lowest BCUT2D eigenvalue weighted by atomic mass is 10.1. The molecule has 7 nitrogen and oxygen atoms in total. The van der Waals surface area contributed by atoms with E-state index in [2.05, 4.69) is 30.1 Å². The Hall–Kier alpha value is -3.22. The minimum atomic E-state index is -0.0607. The second-order valence-corrected chi connectivity index (χ2v) is 7.07. The van der Waals surface area contributed by atoms with E-state index >= 15 is 0 Å². The van der Waals surface area contributed by atoms with E-state index in [0.29, 0.717) is 25.4 Å². The first-order valence-electron chi connectivity index (χ1n) is 10.0. The molecule has 4 rings (SSSR count). The van der Waals surface area contributed by atoms with E-state index in [4.69, 9.17) is 13.8 Å². The number of carbonyl (C=O) groups is 1. The van der Waals surface area contributed by atoms with Gasteiger partial charge in [0.25, 0.3) is 5.91 Å². The number of benzene rings is 1. The molecule has 3 aromatic rings. The van der Waals surface area contributed by atoms with Crippen LogP contribution >= 0.6 is 0 Å². The van der Waals surface area contributed by atoms with E-state index in [0.717, 1.165) is 47.9 Å². The maximum Gasteiger partial charge on any atom is 0.289 e. The summed E-state index contributed by atoms with van der Waals surface area (Å²) in [5.41, 5.74) is 2.03. The number of aliphatic imine (C=N–C) groups is 1. The minimum Gasteiger partial charge on any atom is -0.459 e. The van der Waals surface area contributed by atoms with Crippen LogP contribution in [0.4, 0.5) is 0 Å². The standard InChI is InChI=1S/C22H26N4O3/c1-3-23-22(24-15-20-16(2)17-7-4-5-8-18(17)29-20)26-12-10-25(11-13-26)21(27)19-9-6-14-28-19/h4-9,14H,3,10-13,15H2,1-2H3,(H,23,24). The fourth-order valence-corrected chi connectivity index (χ4v) is 3.63. The number of furan rings is 2. The molecule has 1 aliphatic rings. The molecule has 0 saturated carbocycles. The normalized spacial score (nSPS) is 15.2. The number of nitrogens with one attached hydrogen (secondary N) is 1. The van der Waals surface area contributed by atoms with Gasteiger partial charge in [-0.05, 0) is 32.0 Å². The number of piperazine rings is 1. The van der Waals surface area contributed by atoms with Crippen molar-refractivity contribution in [3.8, 4) is 0 Å². The Morgan fingerprint density at radius 1 is 1.10 bits per heavy atom. The van der Waals surface area contributed by atoms with E-state index in [9.17, 15) is 4.79 Å². The van der Waals surface area contributed by atoms with Gasteiger partial charge in [0, 0.05) is 43.7 Å². The molecule has 0 atom stereocenters. The molecule has 3 heterocycles. The number of guanidine groups is 1. The Bertz CT molecular complexity index is 998. The first kappa shape index (κ1) is 19.1. The van der Waals surface area contributed by atoms with Crippen LogP contribution in [0.15, 0.2) is 56.5 Å². The van der Waals surface area contributed by atoms with Crippen LogP contribution in [0.5, 0.6) is 0 Å². The maximum atomic E-state index is 12.5. The van der Waals surface area contributed by atoms with Crippen LogP contribution in [0.3, 0.4) is 0 Å². The van der Waals surface area contributed by atoms with Gasteiger partial charge in [-0.3, -0.25) is 4.79 Å². The van der Waals surface area contributed by atoms with Crippen LogP contribution in [-0.4, -0.2) is 54.4 Å². The fraction of sp³-hybridized carbons (Fsp3) is 0.364. The second kappa shape index (κ2) is 8.43. The van der Waals surface area contributed by atoms with Crippen molar-refractivity contribution in [2.24, 2.45) is 4.99 Å². The van der Waals surface area contributed by atoms with E-state index in [1.807, 2.05) is 23.1 Å². The smallest absolute Gasteiger partial charge is 0.289 e. The lowest BCUT2D eigenvalue weighted by Crippen LogP contribution is -2.53. The van der Waals surface area contributed by atoms with Gasteiger partial charge in [-0.15, -0.1) is 0 Å². The van der Waals surface area contributed by atoms with Crippen molar-refractivity contribution in [3.05, 3.63) is 59.7 Å². The molecule has 7 heteroatoms. The lowest BCUT2D eigenvalue weighted by Gasteiger charge is -2.36. The lowest BCUT2D eigenvalue weighted by molar-refractivity contribution is 0.0657. The van der Waals surface area contributed by atoms with Crippen molar-refractivity contribution in [3.63, 3.8) is 0 Å². The summed E-state index contributed by atoms with van der Waals surface area (Å²) in [6.07, 6.45) is 1.53. The SMILES string of the molecule is CCNC(=NCc1oc2ccccc2c1C)N1CCN(C(=O)c2ccco2)CC1. The van der Waals surface area contributed by atoms with Gasteiger partial charge >= 0.3 is 0 Å². The molecule has 1 fully saturated rings. The van der Waals surface area contributed by atoms with Gasteiger partial charge < -0.3 is 24.0 Å². The van der Waals surface area contributed by atoms with Gasteiger partial charge in [0.1, 0.15) is 17.9 Å². The third kappa shape index (κ3) is 3.99. The Kier molecular flexibility index (Phi) is 5.55. The number of amides is 1. The van der Waals surface area contributed by atoms with E-state index in [1.54, 1.807) is 12.1 Å². The van der Waals surface area contributed by atoms with Crippen LogP contribution in [0.2, 0.25) is 0 Å². The number of hydrogen-bond donors (Lipinski definition) is 1. The predicted molar refractivity (Wildman–Crippen MR) is 112 cm³/mol. The highest BCUT2D eigenvalue weighted by Gasteiger charge is 2.25. The maximum absolute atomic E-state index is 12.5. The summed E-state index contributed by atoms with van der Waals surface area (Å²) in [7, 11) is 0. The zero-order valence-corrected chi connectivity index (χ0v) is 16.9. The molecule has 1 saturated heterocycles. The molecule has 2 aromatic heterocycles. The van der Waals surface area contributed by atoms with E-state index < -0.39 is 0 Å². The molecule has 0 aliphatic carbocycles. The number of fused-ring (bicyclic) bond motifs is 1. The van der Waals surface area contributed by atoms with Gasteiger partial charge in [-0.1, -0.05) is 18.2 Å². The molecule has 1 amide bonds. The molecule has 1 aromatic carbocycles. The van der Waals surface area contributed by atoms with Crippen molar-refractivity contribution in [1.29, 1.82) is 0 Å². The number of hydrogen-bond acceptors (Lipinski definition) is 4. The van der Waals surface area contributed by atoms with Crippen molar-refractivity contribution in [1.82, 2.24) is 15.1 Å². The Balaban J connectivity index is 1.43. The number of nitrogens with zero attached hydrogens (tertiary/aromatic N) is 3. The zero-order valence-electron chi connectivity index (χ0n) is 16.9.